The number of non-ortho nitro benzene ring substituents is 1. The Bertz CT molecular complexity index is 1200. The Morgan fingerprint density at radius 2 is 1.65 bits per heavy atom. The number of hydrogen-bond donors (Lipinski definition) is 2. The molecular weight excluding hydrogens is 438 g/mol. The second-order valence-electron chi connectivity index (χ2n) is 7.66. The summed E-state index contributed by atoms with van der Waals surface area (Å²) in [4.78, 5) is 48.6. The van der Waals surface area contributed by atoms with Crippen LogP contribution < -0.4 is 10.6 Å². The van der Waals surface area contributed by atoms with Crippen LogP contribution in [0.1, 0.15) is 29.8 Å². The maximum absolute atomic E-state index is 13.2. The summed E-state index contributed by atoms with van der Waals surface area (Å²) < 4.78 is 4.93. The lowest BCUT2D eigenvalue weighted by atomic mass is 10.0. The third-order valence-corrected chi connectivity index (χ3v) is 5.24. The van der Waals surface area contributed by atoms with Gasteiger partial charge in [-0.2, -0.15) is 0 Å². The largest absolute Gasteiger partial charge is 0.464 e. The molecule has 2 N–H and O–H groups in total. The molecule has 0 aromatic heterocycles. The first kappa shape index (κ1) is 24.4. The van der Waals surface area contributed by atoms with Crippen molar-refractivity contribution in [2.24, 2.45) is 0 Å². The van der Waals surface area contributed by atoms with E-state index in [-0.39, 0.29) is 18.7 Å². The van der Waals surface area contributed by atoms with E-state index < -0.39 is 34.8 Å². The number of esters is 1. The van der Waals surface area contributed by atoms with E-state index in [1.54, 1.807) is 19.1 Å². The minimum absolute atomic E-state index is 0.0654. The van der Waals surface area contributed by atoms with E-state index in [2.05, 4.69) is 10.6 Å². The Morgan fingerprint density at radius 3 is 2.32 bits per heavy atom. The molecule has 0 aliphatic carbocycles. The zero-order valence-corrected chi connectivity index (χ0v) is 18.8. The molecule has 0 saturated heterocycles. The van der Waals surface area contributed by atoms with Crippen molar-refractivity contribution in [1.29, 1.82) is 0 Å². The van der Waals surface area contributed by atoms with Crippen LogP contribution in [0.2, 0.25) is 0 Å². The second-order valence-corrected chi connectivity index (χ2v) is 7.66. The highest BCUT2D eigenvalue weighted by Crippen LogP contribution is 2.19. The maximum Gasteiger partial charge on any atom is 0.328 e. The summed E-state index contributed by atoms with van der Waals surface area (Å²) in [6.07, 6.45) is 0.0654. The molecule has 0 heterocycles. The highest BCUT2D eigenvalue weighted by atomic mass is 16.6. The van der Waals surface area contributed by atoms with E-state index in [0.29, 0.717) is 11.1 Å². The number of hydrogen-bond acceptors (Lipinski definition) is 6. The average Bonchev–Trinajstić information content (AvgIpc) is 2.83. The number of ether oxygens (including phenoxy) is 1. The zero-order chi connectivity index (χ0) is 24.7. The van der Waals surface area contributed by atoms with Crippen LogP contribution >= 0.6 is 0 Å². The first-order valence-corrected chi connectivity index (χ1v) is 10.8. The van der Waals surface area contributed by atoms with Gasteiger partial charge in [-0.3, -0.25) is 19.7 Å². The number of nitrogens with one attached hydrogen (secondary N) is 2. The van der Waals surface area contributed by atoms with E-state index in [1.165, 1.54) is 31.2 Å². The van der Waals surface area contributed by atoms with E-state index in [0.717, 1.165) is 10.8 Å². The molecule has 0 aliphatic heterocycles. The molecule has 0 spiro atoms. The summed E-state index contributed by atoms with van der Waals surface area (Å²) >= 11 is 0. The molecule has 176 valence electrons. The molecule has 3 rings (SSSR count). The van der Waals surface area contributed by atoms with Gasteiger partial charge in [0.1, 0.15) is 12.1 Å². The van der Waals surface area contributed by atoms with Crippen LogP contribution in [0.3, 0.4) is 0 Å². The van der Waals surface area contributed by atoms with Crippen molar-refractivity contribution < 1.29 is 24.0 Å². The SMILES string of the molecule is CCOC(=O)[C@@H](C)NC(=O)[C@H](Cc1ccc([N+](=O)[O-])cc1)NC(=O)c1cccc2ccccc12. The smallest absolute Gasteiger partial charge is 0.328 e. The van der Waals surface area contributed by atoms with Gasteiger partial charge in [0.25, 0.3) is 11.6 Å². The summed E-state index contributed by atoms with van der Waals surface area (Å²) in [7, 11) is 0. The number of rotatable bonds is 9. The number of carbonyl (C=O) groups is 3. The van der Waals surface area contributed by atoms with E-state index in [9.17, 15) is 24.5 Å². The average molecular weight is 463 g/mol. The molecule has 0 saturated carbocycles. The minimum Gasteiger partial charge on any atom is -0.464 e. The molecule has 0 bridgehead atoms. The maximum atomic E-state index is 13.2. The molecule has 9 nitrogen and oxygen atoms in total. The van der Waals surface area contributed by atoms with Crippen LogP contribution in [0, 0.1) is 10.1 Å². The van der Waals surface area contributed by atoms with Gasteiger partial charge < -0.3 is 15.4 Å². The minimum atomic E-state index is -1.04. The number of nitro benzene ring substituents is 1. The van der Waals surface area contributed by atoms with E-state index in [1.807, 2.05) is 30.3 Å². The monoisotopic (exact) mass is 463 g/mol. The molecule has 2 amide bonds. The molecule has 9 heteroatoms. The normalized spacial score (nSPS) is 12.4. The Morgan fingerprint density at radius 1 is 0.971 bits per heavy atom. The van der Waals surface area contributed by atoms with Crippen molar-refractivity contribution in [2.45, 2.75) is 32.4 Å². The van der Waals surface area contributed by atoms with Crippen molar-refractivity contribution in [2.75, 3.05) is 6.61 Å². The fourth-order valence-corrected chi connectivity index (χ4v) is 3.50. The molecule has 0 aliphatic rings. The number of nitro groups is 1. The van der Waals surface area contributed by atoms with Gasteiger partial charge in [-0.25, -0.2) is 4.79 Å². The third kappa shape index (κ3) is 5.94. The van der Waals surface area contributed by atoms with Crippen molar-refractivity contribution in [1.82, 2.24) is 10.6 Å². The molecule has 0 fully saturated rings. The van der Waals surface area contributed by atoms with Gasteiger partial charge >= 0.3 is 5.97 Å². The van der Waals surface area contributed by atoms with Crippen LogP contribution in [-0.4, -0.2) is 41.4 Å². The lowest BCUT2D eigenvalue weighted by Gasteiger charge is -2.21. The van der Waals surface area contributed by atoms with Gasteiger partial charge in [0.2, 0.25) is 5.91 Å². The Kier molecular flexibility index (Phi) is 7.92. The number of nitrogens with zero attached hydrogens (tertiary/aromatic N) is 1. The van der Waals surface area contributed by atoms with E-state index >= 15 is 0 Å². The quantitative estimate of drug-likeness (QED) is 0.285. The Balaban J connectivity index is 1.85. The van der Waals surface area contributed by atoms with Gasteiger partial charge in [0.15, 0.2) is 0 Å². The summed E-state index contributed by atoms with van der Waals surface area (Å²) in [5, 5.41) is 17.9. The van der Waals surface area contributed by atoms with Crippen molar-refractivity contribution in [3.8, 4) is 0 Å². The van der Waals surface area contributed by atoms with Gasteiger partial charge in [-0.1, -0.05) is 48.5 Å². The molecule has 3 aromatic rings. The Hall–Kier alpha value is -4.27. The first-order valence-electron chi connectivity index (χ1n) is 10.8. The van der Waals surface area contributed by atoms with Gasteiger partial charge in [-0.15, -0.1) is 0 Å². The van der Waals surface area contributed by atoms with Gasteiger partial charge in [-0.05, 0) is 36.2 Å². The first-order chi connectivity index (χ1) is 16.3. The predicted molar refractivity (Wildman–Crippen MR) is 126 cm³/mol. The number of benzene rings is 3. The highest BCUT2D eigenvalue weighted by Gasteiger charge is 2.26. The summed E-state index contributed by atoms with van der Waals surface area (Å²) in [6.45, 7) is 3.32. The molecular formula is C25H25N3O6. The van der Waals surface area contributed by atoms with Crippen molar-refractivity contribution in [3.63, 3.8) is 0 Å². The second kappa shape index (κ2) is 11.0. The van der Waals surface area contributed by atoms with Crippen LogP contribution in [0.15, 0.2) is 66.7 Å². The third-order valence-electron chi connectivity index (χ3n) is 5.24. The van der Waals surface area contributed by atoms with Crippen LogP contribution in [0.4, 0.5) is 5.69 Å². The molecule has 2 atom stereocenters. The van der Waals surface area contributed by atoms with Crippen molar-refractivity contribution >= 4 is 34.2 Å². The lowest BCUT2D eigenvalue weighted by molar-refractivity contribution is -0.384. The summed E-state index contributed by atoms with van der Waals surface area (Å²) in [5.74, 6) is -1.62. The topological polar surface area (TPSA) is 128 Å². The molecule has 3 aromatic carbocycles. The number of amides is 2. The lowest BCUT2D eigenvalue weighted by Crippen LogP contribution is -2.52. The summed E-state index contributed by atoms with van der Waals surface area (Å²) in [5.41, 5.74) is 0.922. The Labute approximate surface area is 196 Å². The van der Waals surface area contributed by atoms with E-state index in [4.69, 9.17) is 4.74 Å². The van der Waals surface area contributed by atoms with Crippen LogP contribution in [0.5, 0.6) is 0 Å². The number of carbonyl (C=O) groups excluding carboxylic acids is 3. The number of fused-ring (bicyclic) bond motifs is 1. The summed E-state index contributed by atoms with van der Waals surface area (Å²) in [6, 6.07) is 16.5. The molecule has 0 radical (unpaired) electrons. The fourth-order valence-electron chi connectivity index (χ4n) is 3.50. The fraction of sp³-hybridized carbons (Fsp3) is 0.240. The molecule has 0 unspecified atom stereocenters. The highest BCUT2D eigenvalue weighted by molar-refractivity contribution is 6.08. The predicted octanol–water partition coefficient (Wildman–Crippen LogP) is 3.16. The van der Waals surface area contributed by atoms with Crippen LogP contribution in [-0.2, 0) is 20.7 Å². The van der Waals surface area contributed by atoms with Crippen LogP contribution in [0.25, 0.3) is 10.8 Å². The van der Waals surface area contributed by atoms with Gasteiger partial charge in [0, 0.05) is 24.1 Å². The standard InChI is InChI=1S/C25H25N3O6/c1-3-34-25(31)16(2)26-24(30)22(15-17-11-13-19(14-12-17)28(32)33)27-23(29)21-10-6-8-18-7-4-5-9-20(18)21/h4-14,16,22H,3,15H2,1-2H3,(H,26,30)(H,27,29)/t16-,22+/m1/s1. The van der Waals surface area contributed by atoms with Crippen molar-refractivity contribution in [3.05, 3.63) is 88.0 Å². The zero-order valence-electron chi connectivity index (χ0n) is 18.8. The van der Waals surface area contributed by atoms with Gasteiger partial charge in [0.05, 0.1) is 11.5 Å². The molecule has 34 heavy (non-hydrogen) atoms.